The Kier molecular flexibility index (Phi) is 42.8. The largest absolute Gasteiger partial charge is 0.472 e. The Morgan fingerprint density at radius 3 is 1.43 bits per heavy atom. The molecular weight excluding hydrogens is 748 g/mol. The van der Waals surface area contributed by atoms with Gasteiger partial charge in [0, 0.05) is 6.54 Å². The molecule has 0 aliphatic carbocycles. The fourth-order valence-corrected chi connectivity index (χ4v) is 7.85. The molecule has 0 bridgehead atoms. The molecule has 0 spiro atoms. The van der Waals surface area contributed by atoms with Crippen LogP contribution in [0.3, 0.4) is 0 Å². The van der Waals surface area contributed by atoms with Crippen LogP contribution in [-0.4, -0.2) is 59.0 Å². The number of carbonyl (C=O) groups excluding carboxylic acids is 1. The maximum atomic E-state index is 12.8. The number of allylic oxidation sites excluding steroid dienone is 5. The molecule has 0 radical (unpaired) electrons. The van der Waals surface area contributed by atoms with Crippen LogP contribution in [0.5, 0.6) is 0 Å². The fourth-order valence-electron chi connectivity index (χ4n) is 7.09. The molecule has 10 heteroatoms. The summed E-state index contributed by atoms with van der Waals surface area (Å²) in [5.74, 6) is -0.457. The minimum Gasteiger partial charge on any atom is -0.393 e. The Morgan fingerprint density at radius 2 is 0.983 bits per heavy atom. The van der Waals surface area contributed by atoms with Crippen LogP contribution in [0, 0.1) is 0 Å². The Morgan fingerprint density at radius 1 is 0.586 bits per heavy atom. The third-order valence-corrected chi connectivity index (χ3v) is 11.7. The van der Waals surface area contributed by atoms with Crippen LogP contribution in [-0.2, 0) is 18.4 Å². The average molecular weight is 841 g/mol. The third-order valence-electron chi connectivity index (χ3n) is 10.8. The van der Waals surface area contributed by atoms with Crippen LogP contribution in [0.1, 0.15) is 226 Å². The van der Waals surface area contributed by atoms with E-state index in [-0.39, 0.29) is 19.6 Å². The van der Waals surface area contributed by atoms with Crippen LogP contribution in [0.4, 0.5) is 0 Å². The topological polar surface area (TPSA) is 151 Å². The van der Waals surface area contributed by atoms with Gasteiger partial charge in [-0.25, -0.2) is 4.57 Å². The maximum Gasteiger partial charge on any atom is 0.472 e. The maximum absolute atomic E-state index is 12.8. The zero-order valence-electron chi connectivity index (χ0n) is 37.7. The Hall–Kier alpha value is -1.32. The van der Waals surface area contributed by atoms with E-state index in [4.69, 9.17) is 14.8 Å². The highest BCUT2D eigenvalue weighted by atomic mass is 31.2. The number of carbonyl (C=O) groups is 1. The number of nitrogens with two attached hydrogens (primary N) is 1. The van der Waals surface area contributed by atoms with Gasteiger partial charge in [-0.05, 0) is 44.9 Å². The van der Waals surface area contributed by atoms with Crippen molar-refractivity contribution in [2.24, 2.45) is 5.73 Å². The van der Waals surface area contributed by atoms with Crippen LogP contribution in [0.2, 0.25) is 0 Å². The minimum atomic E-state index is -4.41. The van der Waals surface area contributed by atoms with E-state index in [9.17, 15) is 24.5 Å². The van der Waals surface area contributed by atoms with Crippen LogP contribution in [0.25, 0.3) is 0 Å². The first-order chi connectivity index (χ1) is 28.3. The zero-order valence-corrected chi connectivity index (χ0v) is 38.5. The van der Waals surface area contributed by atoms with Gasteiger partial charge in [0.1, 0.15) is 0 Å². The summed E-state index contributed by atoms with van der Waals surface area (Å²) in [5.41, 5.74) is 5.37. The van der Waals surface area contributed by atoms with Gasteiger partial charge >= 0.3 is 7.82 Å². The van der Waals surface area contributed by atoms with Crippen molar-refractivity contribution in [1.82, 2.24) is 5.32 Å². The van der Waals surface area contributed by atoms with E-state index in [1.165, 1.54) is 148 Å². The van der Waals surface area contributed by atoms with E-state index < -0.39 is 38.6 Å². The van der Waals surface area contributed by atoms with Gasteiger partial charge in [0.25, 0.3) is 0 Å². The molecule has 0 aromatic rings. The van der Waals surface area contributed by atoms with Gasteiger partial charge in [0.15, 0.2) is 0 Å². The van der Waals surface area contributed by atoms with Gasteiger partial charge in [0.05, 0.1) is 37.9 Å². The van der Waals surface area contributed by atoms with Crippen molar-refractivity contribution >= 4 is 13.7 Å². The molecule has 0 aliphatic rings. The summed E-state index contributed by atoms with van der Waals surface area (Å²) in [5, 5.41) is 24.1. The summed E-state index contributed by atoms with van der Waals surface area (Å²) in [6, 6.07) is -1.00. The molecule has 0 aromatic heterocycles. The van der Waals surface area contributed by atoms with Gasteiger partial charge < -0.3 is 26.2 Å². The summed E-state index contributed by atoms with van der Waals surface area (Å²) < 4.78 is 22.1. The number of rotatable bonds is 45. The predicted octanol–water partition coefficient (Wildman–Crippen LogP) is 12.9. The molecule has 0 aliphatic heterocycles. The van der Waals surface area contributed by atoms with Crippen molar-refractivity contribution in [3.8, 4) is 0 Å². The number of aliphatic hydroxyl groups excluding tert-OH is 2. The second kappa shape index (κ2) is 43.8. The van der Waals surface area contributed by atoms with E-state index in [1.807, 2.05) is 6.08 Å². The van der Waals surface area contributed by atoms with Gasteiger partial charge in [-0.15, -0.1) is 0 Å². The molecule has 342 valence electrons. The van der Waals surface area contributed by atoms with Crippen molar-refractivity contribution in [3.63, 3.8) is 0 Å². The number of hydrogen-bond acceptors (Lipinski definition) is 7. The van der Waals surface area contributed by atoms with Gasteiger partial charge in [-0.2, -0.15) is 0 Å². The second-order valence-electron chi connectivity index (χ2n) is 16.5. The molecule has 0 rings (SSSR count). The molecule has 0 saturated carbocycles. The van der Waals surface area contributed by atoms with E-state index in [2.05, 4.69) is 43.5 Å². The monoisotopic (exact) mass is 841 g/mol. The van der Waals surface area contributed by atoms with Crippen molar-refractivity contribution in [1.29, 1.82) is 0 Å². The van der Waals surface area contributed by atoms with Crippen LogP contribution < -0.4 is 11.1 Å². The molecule has 0 heterocycles. The molecule has 9 nitrogen and oxygen atoms in total. The number of phosphoric ester groups is 1. The smallest absolute Gasteiger partial charge is 0.393 e. The number of amides is 1. The summed E-state index contributed by atoms with van der Waals surface area (Å²) in [4.78, 5) is 22.8. The Bertz CT molecular complexity index is 1020. The Balaban J connectivity index is 4.31. The molecular formula is C48H93N2O7P. The highest BCUT2D eigenvalue weighted by molar-refractivity contribution is 7.47. The molecule has 0 saturated heterocycles. The van der Waals surface area contributed by atoms with Crippen LogP contribution in [0.15, 0.2) is 36.5 Å². The number of unbranched alkanes of at least 4 members (excludes halogenated alkanes) is 27. The minimum absolute atomic E-state index is 0.0430. The van der Waals surface area contributed by atoms with E-state index in [0.717, 1.165) is 44.9 Å². The molecule has 4 atom stereocenters. The average Bonchev–Trinajstić information content (AvgIpc) is 3.20. The summed E-state index contributed by atoms with van der Waals surface area (Å²) in [6.45, 7) is 3.96. The van der Waals surface area contributed by atoms with Crippen molar-refractivity contribution in [2.75, 3.05) is 19.8 Å². The lowest BCUT2D eigenvalue weighted by Crippen LogP contribution is -2.46. The molecule has 0 aromatic carbocycles. The van der Waals surface area contributed by atoms with Crippen molar-refractivity contribution in [2.45, 2.75) is 244 Å². The lowest BCUT2D eigenvalue weighted by atomic mass is 10.0. The van der Waals surface area contributed by atoms with E-state index >= 15 is 0 Å². The summed E-state index contributed by atoms with van der Waals surface area (Å²) >= 11 is 0. The highest BCUT2D eigenvalue weighted by Crippen LogP contribution is 2.43. The van der Waals surface area contributed by atoms with Gasteiger partial charge in [-0.1, -0.05) is 211 Å². The van der Waals surface area contributed by atoms with Crippen molar-refractivity contribution in [3.05, 3.63) is 36.5 Å². The number of aliphatic hydroxyl groups is 2. The SMILES string of the molecule is CCCCCCCCCCC/C=C/CC/C=C/CC/C=C/C(O)C(COP(=O)(O)OCCN)NC(=O)CC(O)CCCCCCCCCCCCCCCCCCC. The standard InChI is InChI=1S/C48H93N2O7P/c1-3-5-7-9-11-13-15-17-19-21-22-24-26-28-30-32-34-36-38-40-47(52)46(44-57-58(54,55)56-42-41-49)50-48(53)43-45(51)39-37-35-33-31-29-27-25-23-20-18-16-14-12-10-8-6-4-2/h22,24,30,32,38,40,45-47,51-52H,3-21,23,25-29,31,33-37,39,41-44,49H2,1-2H3,(H,50,53)(H,54,55)/b24-22+,32-30+,40-38+. The van der Waals surface area contributed by atoms with Gasteiger partial charge in [0.2, 0.25) is 5.91 Å². The number of phosphoric acid groups is 1. The number of nitrogens with one attached hydrogen (secondary N) is 1. The fraction of sp³-hybridized carbons (Fsp3) is 0.854. The molecule has 4 unspecified atom stereocenters. The molecule has 6 N–H and O–H groups in total. The summed E-state index contributed by atoms with van der Waals surface area (Å²) in [7, 11) is -4.41. The lowest BCUT2D eigenvalue weighted by molar-refractivity contribution is -0.124. The molecule has 58 heavy (non-hydrogen) atoms. The first kappa shape index (κ1) is 56.7. The lowest BCUT2D eigenvalue weighted by Gasteiger charge is -2.24. The van der Waals surface area contributed by atoms with Gasteiger partial charge in [-0.3, -0.25) is 13.8 Å². The number of hydrogen-bond donors (Lipinski definition) is 5. The zero-order chi connectivity index (χ0) is 42.6. The first-order valence-electron chi connectivity index (χ1n) is 24.2. The van der Waals surface area contributed by atoms with Crippen molar-refractivity contribution < 1.29 is 33.5 Å². The summed E-state index contributed by atoms with van der Waals surface area (Å²) in [6.07, 6.45) is 49.5. The predicted molar refractivity (Wildman–Crippen MR) is 246 cm³/mol. The van der Waals surface area contributed by atoms with E-state index in [1.54, 1.807) is 6.08 Å². The second-order valence-corrected chi connectivity index (χ2v) is 18.0. The molecule has 0 fully saturated rings. The third kappa shape index (κ3) is 41.4. The first-order valence-corrected chi connectivity index (χ1v) is 25.7. The molecule has 1 amide bonds. The quantitative estimate of drug-likeness (QED) is 0.0231. The van der Waals surface area contributed by atoms with Crippen LogP contribution >= 0.6 is 7.82 Å². The highest BCUT2D eigenvalue weighted by Gasteiger charge is 2.27. The Labute approximate surface area is 357 Å². The van der Waals surface area contributed by atoms with E-state index in [0.29, 0.717) is 12.8 Å². The normalized spacial score (nSPS) is 14.8.